The van der Waals surface area contributed by atoms with Gasteiger partial charge in [-0.15, -0.1) is 0 Å². The Morgan fingerprint density at radius 1 is 0.679 bits per heavy atom. The second kappa shape index (κ2) is 20.0. The maximum Gasteiger partial charge on any atom is 1.00 e. The van der Waals surface area contributed by atoms with Crippen molar-refractivity contribution in [3.63, 3.8) is 0 Å². The van der Waals surface area contributed by atoms with E-state index in [-0.39, 0.29) is 78.2 Å². The summed E-state index contributed by atoms with van der Waals surface area (Å²) in [4.78, 5) is 44.4. The Hall–Kier alpha value is -0.291. The second-order valence-electron chi connectivity index (χ2n) is 4.44. The average molecular weight is 534 g/mol. The molecule has 0 unspecified atom stereocenters. The first-order chi connectivity index (χ1) is 11.2. The Morgan fingerprint density at radius 2 is 0.821 bits per heavy atom. The van der Waals surface area contributed by atoms with E-state index in [0.717, 1.165) is 9.80 Å². The summed E-state index contributed by atoms with van der Waals surface area (Å²) in [6.45, 7) is -2.25. The standard InChI is InChI=1S/C10H16N2O8.Cu.Fe.Na.H2O4S.H/c13-7(14)3-11(4-8(15)16)1-2-12(5-9(17)18)6-10(19)20;;;;1-5(2,3)4;/h1-6H2,(H,13,14)(H,15,16)(H,17,18)(H,19,20);;;;(H2,1,2,3,4);/q;;;+1;;-1. The molecule has 0 heterocycles. The summed E-state index contributed by atoms with van der Waals surface area (Å²) < 4.78 is 31.6. The average Bonchev–Trinajstić information content (AvgIpc) is 2.30. The third kappa shape index (κ3) is 36.6. The maximum absolute atomic E-state index is 10.6. The van der Waals surface area contributed by atoms with Crippen LogP contribution in [0, 0.1) is 0 Å². The molecule has 0 atom stereocenters. The largest absolute Gasteiger partial charge is 1.00 e. The molecule has 0 bridgehead atoms. The van der Waals surface area contributed by atoms with E-state index >= 15 is 0 Å². The molecule has 0 spiro atoms. The summed E-state index contributed by atoms with van der Waals surface area (Å²) in [5.41, 5.74) is 0. The molecule has 28 heavy (non-hydrogen) atoms. The molecule has 0 saturated heterocycles. The molecule has 0 aliphatic carbocycles. The van der Waals surface area contributed by atoms with E-state index in [9.17, 15) is 19.2 Å². The maximum atomic E-state index is 10.6. The molecule has 0 aromatic carbocycles. The van der Waals surface area contributed by atoms with Gasteiger partial charge in [-0.3, -0.25) is 38.1 Å². The van der Waals surface area contributed by atoms with Gasteiger partial charge in [0.1, 0.15) is 0 Å². The molecule has 0 amide bonds. The molecular weight excluding hydrogens is 515 g/mol. The van der Waals surface area contributed by atoms with Crippen molar-refractivity contribution in [2.24, 2.45) is 0 Å². The Labute approximate surface area is 204 Å². The first kappa shape index (κ1) is 38.3. The molecule has 0 aromatic rings. The van der Waals surface area contributed by atoms with Crippen molar-refractivity contribution < 1.29 is 122 Å². The van der Waals surface area contributed by atoms with Gasteiger partial charge < -0.3 is 21.9 Å². The van der Waals surface area contributed by atoms with Crippen LogP contribution < -0.4 is 29.6 Å². The van der Waals surface area contributed by atoms with E-state index in [4.69, 9.17) is 37.9 Å². The zero-order valence-electron chi connectivity index (χ0n) is 15.3. The van der Waals surface area contributed by atoms with Gasteiger partial charge in [0.25, 0.3) is 0 Å². The number of carboxylic acids is 4. The van der Waals surface area contributed by atoms with Crippen molar-refractivity contribution in [2.45, 2.75) is 0 Å². The Kier molecular flexibility index (Phi) is 27.4. The molecule has 0 aliphatic heterocycles. The van der Waals surface area contributed by atoms with Gasteiger partial charge in [-0.2, -0.15) is 8.42 Å². The van der Waals surface area contributed by atoms with Crippen LogP contribution in [0.3, 0.4) is 0 Å². The first-order valence-corrected chi connectivity index (χ1v) is 7.62. The number of carbonyl (C=O) groups is 4. The number of hydrogen-bond donors (Lipinski definition) is 6. The van der Waals surface area contributed by atoms with Crippen LogP contribution in [0.15, 0.2) is 0 Å². The fourth-order valence-electron chi connectivity index (χ4n) is 1.48. The summed E-state index contributed by atoms with van der Waals surface area (Å²) in [5.74, 6) is -4.91. The molecule has 1 radical (unpaired) electrons. The molecule has 0 aliphatic rings. The van der Waals surface area contributed by atoms with Gasteiger partial charge in [-0.1, -0.05) is 0 Å². The topological polar surface area (TPSA) is 230 Å². The summed E-state index contributed by atoms with van der Waals surface area (Å²) in [7, 11) is -4.67. The fraction of sp³-hybridized carbons (Fsp3) is 0.600. The van der Waals surface area contributed by atoms with E-state index < -0.39 is 60.5 Å². The van der Waals surface area contributed by atoms with Gasteiger partial charge in [0, 0.05) is 47.2 Å². The fourth-order valence-corrected chi connectivity index (χ4v) is 1.48. The number of rotatable bonds is 11. The third-order valence-electron chi connectivity index (χ3n) is 2.17. The number of hydrogen-bond acceptors (Lipinski definition) is 8. The van der Waals surface area contributed by atoms with Crippen LogP contribution in [-0.2, 0) is 63.7 Å². The van der Waals surface area contributed by atoms with Gasteiger partial charge in [-0.25, -0.2) is 0 Å². The van der Waals surface area contributed by atoms with Crippen LogP contribution in [0.1, 0.15) is 1.43 Å². The minimum atomic E-state index is -4.67. The van der Waals surface area contributed by atoms with Crippen LogP contribution >= 0.6 is 0 Å². The number of aliphatic carboxylic acids is 4. The van der Waals surface area contributed by atoms with Gasteiger partial charge >= 0.3 is 63.8 Å². The summed E-state index contributed by atoms with van der Waals surface area (Å²) in [5, 5.41) is 34.5. The predicted octanol–water partition coefficient (Wildman–Crippen LogP) is -5.61. The van der Waals surface area contributed by atoms with E-state index in [1.54, 1.807) is 0 Å². The zero-order chi connectivity index (χ0) is 20.2. The Bertz CT molecular complexity index is 523. The normalized spacial score (nSPS) is 9.71. The SMILES string of the molecule is O=C(O)CN(CCN(CC(=O)O)CC(=O)O)CC(=O)O.O=S(=O)(O)O.[Cu].[Fe].[H-].[Na+]. The molecular formula is C10H19CuFeN2NaO12S. The van der Waals surface area contributed by atoms with E-state index in [2.05, 4.69) is 0 Å². The van der Waals surface area contributed by atoms with Crippen LogP contribution in [0.4, 0.5) is 0 Å². The van der Waals surface area contributed by atoms with Crippen LogP contribution in [-0.4, -0.2) is 111 Å². The monoisotopic (exact) mass is 533 g/mol. The van der Waals surface area contributed by atoms with Crippen LogP contribution in [0.5, 0.6) is 0 Å². The van der Waals surface area contributed by atoms with Crippen molar-refractivity contribution >= 4 is 34.3 Å². The molecule has 0 aromatic heterocycles. The number of carboxylic acid groups (broad SMARTS) is 4. The summed E-state index contributed by atoms with van der Waals surface area (Å²) >= 11 is 0. The van der Waals surface area contributed by atoms with Crippen LogP contribution in [0.2, 0.25) is 0 Å². The molecule has 14 nitrogen and oxygen atoms in total. The van der Waals surface area contributed by atoms with Crippen molar-refractivity contribution in [1.82, 2.24) is 9.80 Å². The van der Waals surface area contributed by atoms with Gasteiger partial charge in [0.15, 0.2) is 0 Å². The van der Waals surface area contributed by atoms with Crippen molar-refractivity contribution in [1.29, 1.82) is 0 Å². The Morgan fingerprint density at radius 3 is 0.929 bits per heavy atom. The molecule has 0 fully saturated rings. The van der Waals surface area contributed by atoms with E-state index in [0.29, 0.717) is 0 Å². The van der Waals surface area contributed by atoms with Crippen molar-refractivity contribution in [3.8, 4) is 0 Å². The van der Waals surface area contributed by atoms with Gasteiger partial charge in [0.2, 0.25) is 0 Å². The smallest absolute Gasteiger partial charge is 1.00 e. The third-order valence-corrected chi connectivity index (χ3v) is 2.17. The Balaban J connectivity index is -0.000000131. The summed E-state index contributed by atoms with van der Waals surface area (Å²) in [6, 6.07) is 0. The quantitative estimate of drug-likeness (QED) is 0.107. The second-order valence-corrected chi connectivity index (χ2v) is 5.34. The van der Waals surface area contributed by atoms with Crippen molar-refractivity contribution in [3.05, 3.63) is 0 Å². The van der Waals surface area contributed by atoms with Gasteiger partial charge in [-0.05, 0) is 0 Å². The van der Waals surface area contributed by atoms with E-state index in [1.165, 1.54) is 0 Å². The van der Waals surface area contributed by atoms with Gasteiger partial charge in [0.05, 0.1) is 26.2 Å². The predicted molar refractivity (Wildman–Crippen MR) is 78.7 cm³/mol. The van der Waals surface area contributed by atoms with Crippen LogP contribution in [0.25, 0.3) is 0 Å². The summed E-state index contributed by atoms with van der Waals surface area (Å²) in [6.07, 6.45) is 0. The molecule has 18 heteroatoms. The zero-order valence-corrected chi connectivity index (χ0v) is 19.2. The first-order valence-electron chi connectivity index (χ1n) is 6.22. The van der Waals surface area contributed by atoms with E-state index in [1.807, 2.05) is 0 Å². The molecule has 167 valence electrons. The molecule has 0 saturated carbocycles. The number of nitrogens with zero attached hydrogens (tertiary/aromatic N) is 2. The minimum absolute atomic E-state index is 0. The van der Waals surface area contributed by atoms with Crippen molar-refractivity contribution in [2.75, 3.05) is 39.3 Å². The molecule has 0 rings (SSSR count). The molecule has 6 N–H and O–H groups in total. The minimum Gasteiger partial charge on any atom is -1.00 e.